The molecule has 0 unspecified atom stereocenters. The van der Waals surface area contributed by atoms with Crippen LogP contribution in [0.1, 0.15) is 46.1 Å². The van der Waals surface area contributed by atoms with Crippen molar-refractivity contribution in [3.63, 3.8) is 0 Å². The van der Waals surface area contributed by atoms with E-state index < -0.39 is 5.41 Å². The molecule has 26 heavy (non-hydrogen) atoms. The van der Waals surface area contributed by atoms with E-state index in [4.69, 9.17) is 0 Å². The van der Waals surface area contributed by atoms with E-state index >= 15 is 0 Å². The Bertz CT molecular complexity index is 689. The van der Waals surface area contributed by atoms with Crippen LogP contribution in [0.15, 0.2) is 24.3 Å². The maximum Gasteiger partial charge on any atom is 0.239 e. The highest BCUT2D eigenvalue weighted by molar-refractivity contribution is 6.10. The van der Waals surface area contributed by atoms with Crippen molar-refractivity contribution < 1.29 is 14.4 Å². The predicted octanol–water partition coefficient (Wildman–Crippen LogP) is 2.47. The van der Waals surface area contributed by atoms with Crippen LogP contribution in [0.5, 0.6) is 0 Å². The summed E-state index contributed by atoms with van der Waals surface area (Å²) in [6.45, 7) is 10.9. The van der Waals surface area contributed by atoms with Crippen molar-refractivity contribution in [2.24, 2.45) is 5.41 Å². The van der Waals surface area contributed by atoms with Gasteiger partial charge in [0.1, 0.15) is 5.41 Å². The molecule has 1 aromatic rings. The Morgan fingerprint density at radius 1 is 1.00 bits per heavy atom. The minimum Gasteiger partial charge on any atom is -0.339 e. The van der Waals surface area contributed by atoms with Crippen molar-refractivity contribution in [2.75, 3.05) is 31.5 Å². The van der Waals surface area contributed by atoms with Crippen molar-refractivity contribution in [1.29, 1.82) is 0 Å². The van der Waals surface area contributed by atoms with E-state index in [1.807, 2.05) is 24.3 Å². The lowest BCUT2D eigenvalue weighted by Crippen LogP contribution is -2.55. The Morgan fingerprint density at radius 2 is 1.54 bits per heavy atom. The van der Waals surface area contributed by atoms with Crippen molar-refractivity contribution in [1.82, 2.24) is 9.80 Å². The molecule has 0 bridgehead atoms. The maximum absolute atomic E-state index is 12.9. The van der Waals surface area contributed by atoms with Crippen LogP contribution in [0.4, 0.5) is 5.69 Å². The minimum atomic E-state index is -1.18. The Labute approximate surface area is 155 Å². The summed E-state index contributed by atoms with van der Waals surface area (Å²) in [5.74, 6) is -0.241. The average Bonchev–Trinajstić information content (AvgIpc) is 2.61. The first-order valence-corrected chi connectivity index (χ1v) is 9.10. The van der Waals surface area contributed by atoms with Crippen LogP contribution in [0.25, 0.3) is 0 Å². The topological polar surface area (TPSA) is 69.7 Å². The van der Waals surface area contributed by atoms with Crippen LogP contribution in [0.2, 0.25) is 0 Å². The van der Waals surface area contributed by atoms with Gasteiger partial charge in [-0.3, -0.25) is 14.4 Å². The summed E-state index contributed by atoms with van der Waals surface area (Å²) in [5.41, 5.74) is 0.608. The standard InChI is InChI=1S/C20H29N3O3/c1-14(2)16-8-6-7-9-17(16)21-18(25)20(4,5)19(26)23-12-10-22(11-13-23)15(3)24/h6-9,14H,10-13H2,1-5H3,(H,21,25). The number of carbonyl (C=O) groups excluding carboxylic acids is 3. The van der Waals surface area contributed by atoms with Gasteiger partial charge in [-0.05, 0) is 31.4 Å². The van der Waals surface area contributed by atoms with E-state index in [9.17, 15) is 14.4 Å². The molecule has 0 saturated carbocycles. The molecule has 1 aliphatic rings. The van der Waals surface area contributed by atoms with Crippen molar-refractivity contribution >= 4 is 23.4 Å². The third-order valence-corrected chi connectivity index (χ3v) is 4.95. The summed E-state index contributed by atoms with van der Waals surface area (Å²) >= 11 is 0. The fourth-order valence-electron chi connectivity index (χ4n) is 3.11. The van der Waals surface area contributed by atoms with E-state index in [2.05, 4.69) is 19.2 Å². The quantitative estimate of drug-likeness (QED) is 0.840. The number of piperazine rings is 1. The van der Waals surface area contributed by atoms with Crippen LogP contribution in [-0.4, -0.2) is 53.7 Å². The molecule has 6 heteroatoms. The zero-order valence-electron chi connectivity index (χ0n) is 16.3. The maximum atomic E-state index is 12.9. The van der Waals surface area contributed by atoms with Crippen molar-refractivity contribution in [3.05, 3.63) is 29.8 Å². The van der Waals surface area contributed by atoms with Crippen molar-refractivity contribution in [2.45, 2.75) is 40.5 Å². The van der Waals surface area contributed by atoms with Crippen LogP contribution >= 0.6 is 0 Å². The minimum absolute atomic E-state index is 0.0133. The van der Waals surface area contributed by atoms with E-state index in [-0.39, 0.29) is 23.6 Å². The fraction of sp³-hybridized carbons (Fsp3) is 0.550. The highest BCUT2D eigenvalue weighted by Crippen LogP contribution is 2.27. The molecule has 0 spiro atoms. The molecule has 1 heterocycles. The first-order valence-electron chi connectivity index (χ1n) is 9.10. The van der Waals surface area contributed by atoms with E-state index in [0.717, 1.165) is 11.3 Å². The number of benzene rings is 1. The lowest BCUT2D eigenvalue weighted by atomic mass is 9.89. The molecule has 0 atom stereocenters. The van der Waals surface area contributed by atoms with E-state index in [1.165, 1.54) is 6.92 Å². The van der Waals surface area contributed by atoms with Gasteiger partial charge in [0.25, 0.3) is 0 Å². The fourth-order valence-corrected chi connectivity index (χ4v) is 3.11. The number of hydrogen-bond donors (Lipinski definition) is 1. The first kappa shape index (κ1) is 19.9. The smallest absolute Gasteiger partial charge is 0.239 e. The van der Waals surface area contributed by atoms with E-state index in [1.54, 1.807) is 23.6 Å². The second-order valence-corrected chi connectivity index (χ2v) is 7.62. The summed E-state index contributed by atoms with van der Waals surface area (Å²) in [4.78, 5) is 40.6. The number of hydrogen-bond acceptors (Lipinski definition) is 3. The Morgan fingerprint density at radius 3 is 2.08 bits per heavy atom. The number of carbonyl (C=O) groups is 3. The zero-order chi connectivity index (χ0) is 19.5. The molecular weight excluding hydrogens is 330 g/mol. The zero-order valence-corrected chi connectivity index (χ0v) is 16.3. The largest absolute Gasteiger partial charge is 0.339 e. The molecule has 1 aliphatic heterocycles. The Kier molecular flexibility index (Phi) is 6.05. The molecule has 0 radical (unpaired) electrons. The predicted molar refractivity (Wildman–Crippen MR) is 102 cm³/mol. The van der Waals surface area contributed by atoms with Gasteiger partial charge in [-0.15, -0.1) is 0 Å². The second kappa shape index (κ2) is 7.89. The summed E-state index contributed by atoms with van der Waals surface area (Å²) in [7, 11) is 0. The summed E-state index contributed by atoms with van der Waals surface area (Å²) in [5, 5.41) is 2.93. The molecule has 142 valence electrons. The number of rotatable bonds is 4. The van der Waals surface area contributed by atoms with Crippen molar-refractivity contribution in [3.8, 4) is 0 Å². The third kappa shape index (κ3) is 4.23. The molecule has 0 aromatic heterocycles. The molecule has 1 fully saturated rings. The van der Waals surface area contributed by atoms with Gasteiger partial charge in [-0.25, -0.2) is 0 Å². The van der Waals surface area contributed by atoms with Gasteiger partial charge in [-0.2, -0.15) is 0 Å². The van der Waals surface area contributed by atoms with Gasteiger partial charge in [-0.1, -0.05) is 32.0 Å². The molecule has 0 aliphatic carbocycles. The Hall–Kier alpha value is -2.37. The van der Waals surface area contributed by atoms with Crippen LogP contribution in [-0.2, 0) is 14.4 Å². The SMILES string of the molecule is CC(=O)N1CCN(C(=O)C(C)(C)C(=O)Nc2ccccc2C(C)C)CC1. The van der Waals surface area contributed by atoms with Crippen LogP contribution in [0, 0.1) is 5.41 Å². The van der Waals surface area contributed by atoms with Gasteiger partial charge >= 0.3 is 0 Å². The highest BCUT2D eigenvalue weighted by Gasteiger charge is 2.40. The van der Waals surface area contributed by atoms with Gasteiger partial charge in [0.2, 0.25) is 17.7 Å². The summed E-state index contributed by atoms with van der Waals surface area (Å²) < 4.78 is 0. The number of amides is 3. The first-order chi connectivity index (χ1) is 12.1. The summed E-state index contributed by atoms with van der Waals surface area (Å²) in [6, 6.07) is 7.66. The van der Waals surface area contributed by atoms with Gasteiger partial charge in [0.05, 0.1) is 0 Å². The number of nitrogens with zero attached hydrogens (tertiary/aromatic N) is 2. The monoisotopic (exact) mass is 359 g/mol. The molecule has 1 aromatic carbocycles. The molecule has 1 N–H and O–H groups in total. The third-order valence-electron chi connectivity index (χ3n) is 4.95. The lowest BCUT2D eigenvalue weighted by molar-refractivity contribution is -0.149. The number of para-hydroxylation sites is 1. The Balaban J connectivity index is 2.08. The van der Waals surface area contributed by atoms with Crippen LogP contribution < -0.4 is 5.32 Å². The lowest BCUT2D eigenvalue weighted by Gasteiger charge is -2.37. The summed E-state index contributed by atoms with van der Waals surface area (Å²) in [6.07, 6.45) is 0. The molecule has 6 nitrogen and oxygen atoms in total. The molecular formula is C20H29N3O3. The molecule has 1 saturated heterocycles. The van der Waals surface area contributed by atoms with Gasteiger partial charge in [0.15, 0.2) is 0 Å². The second-order valence-electron chi connectivity index (χ2n) is 7.62. The van der Waals surface area contributed by atoms with E-state index in [0.29, 0.717) is 26.2 Å². The van der Waals surface area contributed by atoms with Gasteiger partial charge in [0, 0.05) is 38.8 Å². The highest BCUT2D eigenvalue weighted by atomic mass is 16.2. The van der Waals surface area contributed by atoms with Crippen LogP contribution in [0.3, 0.4) is 0 Å². The van der Waals surface area contributed by atoms with Gasteiger partial charge < -0.3 is 15.1 Å². The normalized spacial score (nSPS) is 15.2. The average molecular weight is 359 g/mol. The molecule has 3 amide bonds. The number of anilines is 1. The number of nitrogens with one attached hydrogen (secondary N) is 1. The molecule has 2 rings (SSSR count).